The fraction of sp³-hybridized carbons (Fsp3) is 0.0698. The van der Waals surface area contributed by atoms with Gasteiger partial charge in [0.25, 0.3) is 0 Å². The Hall–Kier alpha value is -5.60. The van der Waals surface area contributed by atoms with E-state index in [9.17, 15) is 0 Å². The van der Waals surface area contributed by atoms with Gasteiger partial charge in [0.2, 0.25) is 0 Å². The van der Waals surface area contributed by atoms with E-state index in [1.807, 2.05) is 0 Å². The normalized spacial score (nSPS) is 11.8. The second kappa shape index (κ2) is 11.2. The lowest BCUT2D eigenvalue weighted by Gasteiger charge is -2.10. The van der Waals surface area contributed by atoms with E-state index in [2.05, 4.69) is 181 Å². The zero-order valence-corrected chi connectivity index (χ0v) is 25.6. The number of aromatic nitrogens is 2. The predicted octanol–water partition coefficient (Wildman–Crippen LogP) is 11.8. The van der Waals surface area contributed by atoms with Crippen LogP contribution in [0.5, 0.6) is 0 Å². The van der Waals surface area contributed by atoms with Crippen molar-refractivity contribution in [2.75, 3.05) is 0 Å². The zero-order valence-electron chi connectivity index (χ0n) is 25.6. The van der Waals surface area contributed by atoms with E-state index in [0.29, 0.717) is 0 Å². The van der Waals surface area contributed by atoms with Gasteiger partial charge in [-0.25, -0.2) is 0 Å². The molecule has 0 radical (unpaired) electrons. The van der Waals surface area contributed by atoms with Crippen molar-refractivity contribution in [3.8, 4) is 33.6 Å². The Kier molecular flexibility index (Phi) is 6.69. The number of rotatable bonds is 6. The lowest BCUT2D eigenvalue weighted by Crippen LogP contribution is -1.96. The van der Waals surface area contributed by atoms with Crippen LogP contribution in [-0.4, -0.2) is 9.13 Å². The fourth-order valence-corrected chi connectivity index (χ4v) is 6.84. The van der Waals surface area contributed by atoms with Crippen LogP contribution in [0.3, 0.4) is 0 Å². The molecular formula is C43H34N2. The summed E-state index contributed by atoms with van der Waals surface area (Å²) in [6.45, 7) is 4.42. The summed E-state index contributed by atoms with van der Waals surface area (Å²) in [4.78, 5) is 0. The number of hydrogen-bond donors (Lipinski definition) is 0. The van der Waals surface area contributed by atoms with E-state index in [1.54, 1.807) is 0 Å². The van der Waals surface area contributed by atoms with Gasteiger partial charge in [-0.3, -0.25) is 0 Å². The smallest absolute Gasteiger partial charge is 0.0541 e. The SMILES string of the molecule is CC/C=C\c1c(C)n(-c2ccccc2)c2ccc(-c3ccc4c(c3)c3ccccc3n4-c3ccc(-c4ccccc4)cc3)cc12. The van der Waals surface area contributed by atoms with Gasteiger partial charge in [-0.15, -0.1) is 0 Å². The summed E-state index contributed by atoms with van der Waals surface area (Å²) in [7, 11) is 0. The Balaban J connectivity index is 1.27. The Bertz CT molecular complexity index is 2330. The molecule has 0 N–H and O–H groups in total. The molecule has 0 saturated heterocycles. The molecular weight excluding hydrogens is 544 g/mol. The lowest BCUT2D eigenvalue weighted by atomic mass is 10.00. The molecule has 0 saturated carbocycles. The highest BCUT2D eigenvalue weighted by atomic mass is 15.0. The van der Waals surface area contributed by atoms with E-state index in [-0.39, 0.29) is 0 Å². The van der Waals surface area contributed by atoms with Crippen LogP contribution < -0.4 is 0 Å². The number of para-hydroxylation sites is 2. The largest absolute Gasteiger partial charge is 0.313 e. The molecule has 8 rings (SSSR count). The minimum atomic E-state index is 1.01. The third kappa shape index (κ3) is 4.58. The molecule has 0 bridgehead atoms. The van der Waals surface area contributed by atoms with Crippen molar-refractivity contribution in [1.29, 1.82) is 0 Å². The van der Waals surface area contributed by atoms with Crippen LogP contribution in [0.25, 0.3) is 72.4 Å². The molecule has 0 aliphatic rings. The van der Waals surface area contributed by atoms with Crippen LogP contribution >= 0.6 is 0 Å². The predicted molar refractivity (Wildman–Crippen MR) is 193 cm³/mol. The highest BCUT2D eigenvalue weighted by Crippen LogP contribution is 2.38. The molecule has 0 aliphatic carbocycles. The molecule has 0 fully saturated rings. The second-order valence-corrected chi connectivity index (χ2v) is 11.7. The highest BCUT2D eigenvalue weighted by molar-refractivity contribution is 6.10. The summed E-state index contributed by atoms with van der Waals surface area (Å²) in [6.07, 6.45) is 5.56. The van der Waals surface area contributed by atoms with Crippen molar-refractivity contribution in [2.24, 2.45) is 0 Å². The van der Waals surface area contributed by atoms with E-state index >= 15 is 0 Å². The third-order valence-corrected chi connectivity index (χ3v) is 9.03. The molecule has 0 amide bonds. The van der Waals surface area contributed by atoms with Gasteiger partial charge in [-0.05, 0) is 90.2 Å². The molecule has 0 atom stereocenters. The first kappa shape index (κ1) is 27.0. The van der Waals surface area contributed by atoms with Crippen molar-refractivity contribution in [1.82, 2.24) is 9.13 Å². The maximum atomic E-state index is 2.39. The molecule has 2 nitrogen and oxygen atoms in total. The zero-order chi connectivity index (χ0) is 30.3. The van der Waals surface area contributed by atoms with Crippen molar-refractivity contribution >= 4 is 38.8 Å². The maximum Gasteiger partial charge on any atom is 0.0541 e. The van der Waals surface area contributed by atoms with Gasteiger partial charge >= 0.3 is 0 Å². The molecule has 45 heavy (non-hydrogen) atoms. The highest BCUT2D eigenvalue weighted by Gasteiger charge is 2.17. The van der Waals surface area contributed by atoms with E-state index in [0.717, 1.165) is 6.42 Å². The fourth-order valence-electron chi connectivity index (χ4n) is 6.84. The van der Waals surface area contributed by atoms with Crippen LogP contribution in [0.1, 0.15) is 24.6 Å². The van der Waals surface area contributed by atoms with Gasteiger partial charge < -0.3 is 9.13 Å². The molecule has 0 unspecified atom stereocenters. The minimum absolute atomic E-state index is 1.01. The van der Waals surface area contributed by atoms with Gasteiger partial charge in [0.1, 0.15) is 0 Å². The summed E-state index contributed by atoms with van der Waals surface area (Å²) in [5, 5.41) is 3.80. The van der Waals surface area contributed by atoms with Crippen LogP contribution in [0.2, 0.25) is 0 Å². The quantitative estimate of drug-likeness (QED) is 0.186. The van der Waals surface area contributed by atoms with Crippen molar-refractivity contribution < 1.29 is 0 Å². The Morgan fingerprint density at radius 2 is 1.00 bits per heavy atom. The maximum absolute atomic E-state index is 2.39. The topological polar surface area (TPSA) is 9.86 Å². The summed E-state index contributed by atoms with van der Waals surface area (Å²) in [6, 6.07) is 52.8. The summed E-state index contributed by atoms with van der Waals surface area (Å²) < 4.78 is 4.78. The average molecular weight is 579 g/mol. The van der Waals surface area contributed by atoms with Crippen molar-refractivity contribution in [2.45, 2.75) is 20.3 Å². The van der Waals surface area contributed by atoms with E-state index in [4.69, 9.17) is 0 Å². The van der Waals surface area contributed by atoms with Crippen LogP contribution in [0.15, 0.2) is 152 Å². The van der Waals surface area contributed by atoms with E-state index < -0.39 is 0 Å². The van der Waals surface area contributed by atoms with Gasteiger partial charge in [-0.1, -0.05) is 110 Å². The third-order valence-electron chi connectivity index (χ3n) is 9.03. The molecule has 0 spiro atoms. The van der Waals surface area contributed by atoms with Gasteiger partial charge in [-0.2, -0.15) is 0 Å². The number of nitrogens with zero attached hydrogens (tertiary/aromatic N) is 2. The van der Waals surface area contributed by atoms with E-state index in [1.165, 1.54) is 77.6 Å². The van der Waals surface area contributed by atoms with Crippen molar-refractivity contribution in [3.05, 3.63) is 163 Å². The Labute approximate surface area is 264 Å². The molecule has 2 heterocycles. The van der Waals surface area contributed by atoms with Gasteiger partial charge in [0.15, 0.2) is 0 Å². The Morgan fingerprint density at radius 1 is 0.467 bits per heavy atom. The van der Waals surface area contributed by atoms with Crippen LogP contribution in [0.4, 0.5) is 0 Å². The summed E-state index contributed by atoms with van der Waals surface area (Å²) >= 11 is 0. The summed E-state index contributed by atoms with van der Waals surface area (Å²) in [5.41, 5.74) is 13.5. The molecule has 216 valence electrons. The minimum Gasteiger partial charge on any atom is -0.313 e. The monoisotopic (exact) mass is 578 g/mol. The second-order valence-electron chi connectivity index (χ2n) is 11.7. The number of benzene rings is 6. The van der Waals surface area contributed by atoms with Gasteiger partial charge in [0, 0.05) is 38.8 Å². The molecule has 8 aromatic rings. The molecule has 6 aromatic carbocycles. The number of allylic oxidation sites excluding steroid dienone is 1. The molecule has 2 heteroatoms. The summed E-state index contributed by atoms with van der Waals surface area (Å²) in [5.74, 6) is 0. The van der Waals surface area contributed by atoms with Crippen molar-refractivity contribution in [3.63, 3.8) is 0 Å². The lowest BCUT2D eigenvalue weighted by molar-refractivity contribution is 1.05. The standard InChI is InChI=1S/C43H34N2/c1-3-4-17-37-30(2)44(35-15-9-6-10-16-35)42-26-22-33(28-39(37)42)34-23-27-43-40(29-34)38-18-11-12-19-41(38)45(43)36-24-20-32(21-25-36)31-13-7-5-8-14-31/h4-29H,3H2,1-2H3/b17-4-. The van der Waals surface area contributed by atoms with Crippen LogP contribution in [-0.2, 0) is 0 Å². The number of fused-ring (bicyclic) bond motifs is 4. The van der Waals surface area contributed by atoms with Crippen LogP contribution in [0, 0.1) is 6.92 Å². The Morgan fingerprint density at radius 3 is 1.71 bits per heavy atom. The average Bonchev–Trinajstić information content (AvgIpc) is 3.58. The first-order chi connectivity index (χ1) is 22.2. The molecule has 2 aromatic heterocycles. The van der Waals surface area contributed by atoms with Gasteiger partial charge in [0.05, 0.1) is 16.6 Å². The first-order valence-electron chi connectivity index (χ1n) is 15.8. The molecule has 0 aliphatic heterocycles. The first-order valence-corrected chi connectivity index (χ1v) is 15.8. The number of hydrogen-bond acceptors (Lipinski definition) is 0.